The van der Waals surface area contributed by atoms with Crippen molar-refractivity contribution in [3.05, 3.63) is 30.0 Å². The van der Waals surface area contributed by atoms with E-state index < -0.39 is 0 Å². The Morgan fingerprint density at radius 2 is 1.89 bits per heavy atom. The molecule has 27 heavy (non-hydrogen) atoms. The minimum atomic E-state index is 0.124. The van der Waals surface area contributed by atoms with Gasteiger partial charge < -0.3 is 14.6 Å². The Kier molecular flexibility index (Phi) is 5.39. The molecule has 0 spiro atoms. The highest BCUT2D eigenvalue weighted by atomic mass is 16.5. The number of hydrogen-bond acceptors (Lipinski definition) is 3. The third-order valence-electron chi connectivity index (χ3n) is 5.93. The summed E-state index contributed by atoms with van der Waals surface area (Å²) in [6.07, 6.45) is 5.99. The van der Waals surface area contributed by atoms with Crippen LogP contribution in [0.15, 0.2) is 24.3 Å². The zero-order valence-corrected chi connectivity index (χ0v) is 16.5. The fourth-order valence-electron chi connectivity index (χ4n) is 4.25. The van der Waals surface area contributed by atoms with Crippen LogP contribution in [-0.2, 0) is 0 Å². The Labute approximate surface area is 161 Å². The molecule has 1 amide bonds. The molecule has 1 atom stereocenters. The Balaban J connectivity index is 1.46. The molecule has 0 saturated carbocycles. The molecule has 2 aliphatic rings. The standard InChI is InChI=1S/C22H31N3O2/c1-16(2)25-12-9-19(15-25)27-18-8-7-17-13-21(23-20(17)14-18)22(26)24-10-5-3-4-6-11-24/h7-8,13-14,16,19,23H,3-6,9-12,15H2,1-2H3. The van der Waals surface area contributed by atoms with E-state index in [-0.39, 0.29) is 12.0 Å². The zero-order valence-electron chi connectivity index (χ0n) is 16.5. The summed E-state index contributed by atoms with van der Waals surface area (Å²) in [7, 11) is 0. The largest absolute Gasteiger partial charge is 0.489 e. The summed E-state index contributed by atoms with van der Waals surface area (Å²) in [6.45, 7) is 8.29. The summed E-state index contributed by atoms with van der Waals surface area (Å²) in [5, 5.41) is 1.07. The van der Waals surface area contributed by atoms with E-state index in [1.54, 1.807) is 0 Å². The second kappa shape index (κ2) is 7.93. The van der Waals surface area contributed by atoms with E-state index in [0.29, 0.717) is 11.7 Å². The lowest BCUT2D eigenvalue weighted by Crippen LogP contribution is -2.32. The number of benzene rings is 1. The van der Waals surface area contributed by atoms with Gasteiger partial charge in [0.2, 0.25) is 0 Å². The number of fused-ring (bicyclic) bond motifs is 1. The number of nitrogens with one attached hydrogen (secondary N) is 1. The number of aromatic amines is 1. The second-order valence-corrected chi connectivity index (χ2v) is 8.26. The molecule has 2 aromatic rings. The predicted molar refractivity (Wildman–Crippen MR) is 108 cm³/mol. The van der Waals surface area contributed by atoms with Crippen molar-refractivity contribution in [1.29, 1.82) is 0 Å². The number of rotatable bonds is 4. The van der Waals surface area contributed by atoms with Gasteiger partial charge in [0.1, 0.15) is 17.5 Å². The predicted octanol–water partition coefficient (Wildman–Crippen LogP) is 4.05. The van der Waals surface area contributed by atoms with Gasteiger partial charge in [-0.25, -0.2) is 0 Å². The summed E-state index contributed by atoms with van der Waals surface area (Å²) in [5.41, 5.74) is 1.67. The van der Waals surface area contributed by atoms with Crippen LogP contribution >= 0.6 is 0 Å². The maximum Gasteiger partial charge on any atom is 0.270 e. The number of H-pyrrole nitrogens is 1. The van der Waals surface area contributed by atoms with Gasteiger partial charge in [0.05, 0.1) is 0 Å². The van der Waals surface area contributed by atoms with Crippen molar-refractivity contribution in [3.8, 4) is 5.75 Å². The number of hydrogen-bond donors (Lipinski definition) is 1. The first-order chi connectivity index (χ1) is 13.1. The summed E-state index contributed by atoms with van der Waals surface area (Å²) >= 11 is 0. The van der Waals surface area contributed by atoms with E-state index in [1.165, 1.54) is 12.8 Å². The maximum atomic E-state index is 12.8. The average Bonchev–Trinajstić information content (AvgIpc) is 3.20. The number of carbonyl (C=O) groups excluding carboxylic acids is 1. The van der Waals surface area contributed by atoms with Gasteiger partial charge in [0.25, 0.3) is 5.91 Å². The Morgan fingerprint density at radius 3 is 2.59 bits per heavy atom. The Morgan fingerprint density at radius 1 is 1.11 bits per heavy atom. The molecule has 5 nitrogen and oxygen atoms in total. The third kappa shape index (κ3) is 4.13. The molecule has 1 aromatic carbocycles. The molecule has 0 radical (unpaired) electrons. The van der Waals surface area contributed by atoms with Crippen molar-refractivity contribution in [2.45, 2.75) is 58.1 Å². The summed E-state index contributed by atoms with van der Waals surface area (Å²) < 4.78 is 6.21. The molecular formula is C22H31N3O2. The molecule has 1 unspecified atom stereocenters. The summed E-state index contributed by atoms with van der Waals surface area (Å²) in [5.74, 6) is 1.01. The minimum absolute atomic E-state index is 0.124. The van der Waals surface area contributed by atoms with E-state index in [1.807, 2.05) is 23.1 Å². The molecule has 2 aliphatic heterocycles. The van der Waals surface area contributed by atoms with Gasteiger partial charge in [0.15, 0.2) is 0 Å². The zero-order chi connectivity index (χ0) is 18.8. The molecule has 0 aliphatic carbocycles. The van der Waals surface area contributed by atoms with E-state index in [0.717, 1.165) is 62.1 Å². The van der Waals surface area contributed by atoms with Crippen LogP contribution in [0.2, 0.25) is 0 Å². The number of carbonyl (C=O) groups is 1. The van der Waals surface area contributed by atoms with Crippen LogP contribution in [-0.4, -0.2) is 59.0 Å². The van der Waals surface area contributed by atoms with Crippen molar-refractivity contribution in [2.75, 3.05) is 26.2 Å². The number of nitrogens with zero attached hydrogens (tertiary/aromatic N) is 2. The molecule has 4 rings (SSSR count). The van der Waals surface area contributed by atoms with Crippen LogP contribution in [0.3, 0.4) is 0 Å². The second-order valence-electron chi connectivity index (χ2n) is 8.26. The van der Waals surface area contributed by atoms with Crippen molar-refractivity contribution in [3.63, 3.8) is 0 Å². The van der Waals surface area contributed by atoms with E-state index in [9.17, 15) is 4.79 Å². The molecule has 3 heterocycles. The average molecular weight is 370 g/mol. The van der Waals surface area contributed by atoms with Crippen molar-refractivity contribution in [1.82, 2.24) is 14.8 Å². The highest BCUT2D eigenvalue weighted by molar-refractivity contribution is 5.98. The first-order valence-electron chi connectivity index (χ1n) is 10.4. The molecule has 0 bridgehead atoms. The smallest absolute Gasteiger partial charge is 0.270 e. The Hall–Kier alpha value is -2.01. The summed E-state index contributed by atoms with van der Waals surface area (Å²) in [6, 6.07) is 8.65. The molecule has 2 fully saturated rings. The lowest BCUT2D eigenvalue weighted by Gasteiger charge is -2.20. The van der Waals surface area contributed by atoms with Gasteiger partial charge in [-0.2, -0.15) is 0 Å². The highest BCUT2D eigenvalue weighted by Crippen LogP contribution is 2.25. The molecule has 5 heteroatoms. The van der Waals surface area contributed by atoms with Crippen LogP contribution in [0.1, 0.15) is 56.4 Å². The first kappa shape index (κ1) is 18.4. The van der Waals surface area contributed by atoms with Crippen molar-refractivity contribution >= 4 is 16.8 Å². The van der Waals surface area contributed by atoms with Crippen LogP contribution in [0.25, 0.3) is 10.9 Å². The number of amides is 1. The molecule has 1 N–H and O–H groups in total. The Bertz CT molecular complexity index is 790. The van der Waals surface area contributed by atoms with Gasteiger partial charge in [-0.15, -0.1) is 0 Å². The fourth-order valence-corrected chi connectivity index (χ4v) is 4.25. The van der Waals surface area contributed by atoms with Gasteiger partial charge in [-0.3, -0.25) is 9.69 Å². The van der Waals surface area contributed by atoms with Crippen LogP contribution in [0, 0.1) is 0 Å². The molecule has 2 saturated heterocycles. The SMILES string of the molecule is CC(C)N1CCC(Oc2ccc3cc(C(=O)N4CCCCCC4)[nH]c3c2)C1. The van der Waals surface area contributed by atoms with E-state index in [2.05, 4.69) is 29.8 Å². The van der Waals surface area contributed by atoms with Crippen LogP contribution in [0.5, 0.6) is 5.75 Å². The molecule has 146 valence electrons. The monoisotopic (exact) mass is 369 g/mol. The lowest BCUT2D eigenvalue weighted by molar-refractivity contribution is 0.0756. The maximum absolute atomic E-state index is 12.8. The van der Waals surface area contributed by atoms with Gasteiger partial charge in [0, 0.05) is 49.2 Å². The van der Waals surface area contributed by atoms with Crippen LogP contribution in [0.4, 0.5) is 0 Å². The number of aromatic nitrogens is 1. The lowest BCUT2D eigenvalue weighted by atomic mass is 10.2. The van der Waals surface area contributed by atoms with E-state index >= 15 is 0 Å². The fraction of sp³-hybridized carbons (Fsp3) is 0.591. The van der Waals surface area contributed by atoms with Crippen molar-refractivity contribution in [2.24, 2.45) is 0 Å². The minimum Gasteiger partial charge on any atom is -0.489 e. The quantitative estimate of drug-likeness (QED) is 0.885. The third-order valence-corrected chi connectivity index (χ3v) is 5.93. The van der Waals surface area contributed by atoms with Crippen molar-refractivity contribution < 1.29 is 9.53 Å². The van der Waals surface area contributed by atoms with Crippen LogP contribution < -0.4 is 4.74 Å². The molecule has 1 aromatic heterocycles. The number of ether oxygens (including phenoxy) is 1. The van der Waals surface area contributed by atoms with E-state index in [4.69, 9.17) is 4.74 Å². The number of likely N-dealkylation sites (tertiary alicyclic amines) is 2. The topological polar surface area (TPSA) is 48.6 Å². The van der Waals surface area contributed by atoms with Gasteiger partial charge in [-0.05, 0) is 51.3 Å². The first-order valence-corrected chi connectivity index (χ1v) is 10.4. The highest BCUT2D eigenvalue weighted by Gasteiger charge is 2.25. The van der Waals surface area contributed by atoms with Gasteiger partial charge in [-0.1, -0.05) is 12.8 Å². The summed E-state index contributed by atoms with van der Waals surface area (Å²) in [4.78, 5) is 20.6. The normalized spacial score (nSPS) is 21.7. The molecular weight excluding hydrogens is 338 g/mol. The van der Waals surface area contributed by atoms with Gasteiger partial charge >= 0.3 is 0 Å².